The molecule has 0 aliphatic heterocycles. The average Bonchev–Trinajstić information content (AvgIpc) is 3.49. The summed E-state index contributed by atoms with van der Waals surface area (Å²) in [5.41, 5.74) is 6.30. The molecule has 3 aromatic rings. The van der Waals surface area contributed by atoms with E-state index in [0.29, 0.717) is 6.42 Å². The molecule has 0 aromatic heterocycles. The number of carbonyl (C=O) groups is 1. The third kappa shape index (κ3) is 4.47. The van der Waals surface area contributed by atoms with E-state index in [-0.39, 0.29) is 6.61 Å². The number of rotatable bonds is 6. The summed E-state index contributed by atoms with van der Waals surface area (Å²) in [6, 6.07) is 26.4. The topological polar surface area (TPSA) is 77.8 Å². The quantitative estimate of drug-likeness (QED) is 0.493. The van der Waals surface area contributed by atoms with Gasteiger partial charge in [0.05, 0.1) is 12.7 Å². The van der Waals surface area contributed by atoms with Crippen molar-refractivity contribution < 1.29 is 20.1 Å². The van der Waals surface area contributed by atoms with Crippen LogP contribution in [0, 0.1) is 5.41 Å². The maximum absolute atomic E-state index is 13.1. The number of allylic oxidation sites excluding steroid dienone is 2. The summed E-state index contributed by atoms with van der Waals surface area (Å²) in [4.78, 5) is 13.1. The molecular formula is C30H30O4. The van der Waals surface area contributed by atoms with Crippen LogP contribution in [0.15, 0.2) is 91.0 Å². The van der Waals surface area contributed by atoms with E-state index in [1.807, 2.05) is 54.6 Å². The molecule has 0 spiro atoms. The fourth-order valence-electron chi connectivity index (χ4n) is 4.92. The molecule has 5 rings (SSSR count). The maximum Gasteiger partial charge on any atom is 0.319 e. The second kappa shape index (κ2) is 10.2. The Labute approximate surface area is 200 Å². The minimum atomic E-state index is -1.11. The number of aliphatic hydroxyl groups excluding tert-OH is 2. The van der Waals surface area contributed by atoms with Gasteiger partial charge in [-0.3, -0.25) is 4.79 Å². The molecule has 1 unspecified atom stereocenters. The first kappa shape index (κ1) is 23.7. The first-order chi connectivity index (χ1) is 16.5. The lowest BCUT2D eigenvalue weighted by Crippen LogP contribution is -2.36. The number of aliphatic carboxylic acids is 1. The third-order valence-electron chi connectivity index (χ3n) is 6.53. The average molecular weight is 455 g/mol. The van der Waals surface area contributed by atoms with Crippen molar-refractivity contribution in [2.75, 3.05) is 6.61 Å². The van der Waals surface area contributed by atoms with Gasteiger partial charge in [0.15, 0.2) is 0 Å². The first-order valence-electron chi connectivity index (χ1n) is 11.6. The standard InChI is InChI=1S/C27H22O2.C3H8O2/c28-26(29)27(18-19-8-2-1-3-9-19,24-16-14-20-10-4-6-12-22(20)24)25-17-15-21-11-5-7-13-23(21)25;1-3(5)2-4/h1-13,16-17H,14-15,18H2,(H,28,29);3-5H,2H2,1H3. The lowest BCUT2D eigenvalue weighted by molar-refractivity contribution is -0.142. The number of carboxylic acids is 1. The van der Waals surface area contributed by atoms with Gasteiger partial charge in [-0.1, -0.05) is 91.0 Å². The van der Waals surface area contributed by atoms with Gasteiger partial charge < -0.3 is 15.3 Å². The Morgan fingerprint density at radius 2 is 1.26 bits per heavy atom. The van der Waals surface area contributed by atoms with Gasteiger partial charge in [0.1, 0.15) is 5.41 Å². The van der Waals surface area contributed by atoms with Crippen LogP contribution >= 0.6 is 0 Å². The smallest absolute Gasteiger partial charge is 0.319 e. The zero-order valence-electron chi connectivity index (χ0n) is 19.3. The zero-order valence-corrected chi connectivity index (χ0v) is 19.3. The van der Waals surface area contributed by atoms with Crippen molar-refractivity contribution in [3.05, 3.63) is 119 Å². The molecule has 0 saturated carbocycles. The normalized spacial score (nSPS) is 14.8. The SMILES string of the molecule is CC(O)CO.O=C(O)C(Cc1ccccc1)(C1=CCc2ccccc21)C1=CCc2ccccc21. The van der Waals surface area contributed by atoms with Gasteiger partial charge in [0, 0.05) is 0 Å². The summed E-state index contributed by atoms with van der Waals surface area (Å²) in [5.74, 6) is -0.785. The highest BCUT2D eigenvalue weighted by atomic mass is 16.4. The van der Waals surface area contributed by atoms with E-state index in [4.69, 9.17) is 10.2 Å². The highest BCUT2D eigenvalue weighted by molar-refractivity contribution is 6.08. The fraction of sp³-hybridized carbons (Fsp3) is 0.233. The molecule has 0 amide bonds. The van der Waals surface area contributed by atoms with Crippen LogP contribution in [-0.4, -0.2) is 34.0 Å². The highest BCUT2D eigenvalue weighted by Crippen LogP contribution is 2.53. The molecule has 4 heteroatoms. The Kier molecular flexibility index (Phi) is 7.11. The van der Waals surface area contributed by atoms with Crippen LogP contribution in [0.4, 0.5) is 0 Å². The van der Waals surface area contributed by atoms with E-state index in [1.54, 1.807) is 0 Å². The van der Waals surface area contributed by atoms with Gasteiger partial charge in [-0.2, -0.15) is 0 Å². The molecule has 0 fully saturated rings. The van der Waals surface area contributed by atoms with E-state index in [1.165, 1.54) is 18.1 Å². The number of benzene rings is 3. The molecule has 174 valence electrons. The predicted molar refractivity (Wildman–Crippen MR) is 135 cm³/mol. The summed E-state index contributed by atoms with van der Waals surface area (Å²) < 4.78 is 0. The lowest BCUT2D eigenvalue weighted by atomic mass is 9.66. The number of carboxylic acid groups (broad SMARTS) is 1. The highest BCUT2D eigenvalue weighted by Gasteiger charge is 2.49. The van der Waals surface area contributed by atoms with Crippen molar-refractivity contribution in [3.8, 4) is 0 Å². The van der Waals surface area contributed by atoms with Crippen molar-refractivity contribution in [1.29, 1.82) is 0 Å². The molecular weight excluding hydrogens is 424 g/mol. The summed E-state index contributed by atoms with van der Waals surface area (Å²) >= 11 is 0. The van der Waals surface area contributed by atoms with Gasteiger partial charge in [0.25, 0.3) is 0 Å². The number of hydrogen-bond donors (Lipinski definition) is 3. The van der Waals surface area contributed by atoms with Gasteiger partial charge in [0.2, 0.25) is 0 Å². The van der Waals surface area contributed by atoms with E-state index in [0.717, 1.165) is 40.7 Å². The van der Waals surface area contributed by atoms with Crippen LogP contribution < -0.4 is 0 Å². The molecule has 1 atom stereocenters. The monoisotopic (exact) mass is 454 g/mol. The largest absolute Gasteiger partial charge is 0.480 e. The molecule has 34 heavy (non-hydrogen) atoms. The molecule has 0 radical (unpaired) electrons. The number of hydrogen-bond acceptors (Lipinski definition) is 3. The Morgan fingerprint density at radius 1 is 0.824 bits per heavy atom. The van der Waals surface area contributed by atoms with Gasteiger partial charge in [-0.25, -0.2) is 0 Å². The Hall–Kier alpha value is -3.47. The van der Waals surface area contributed by atoms with Crippen molar-refractivity contribution in [2.24, 2.45) is 5.41 Å². The van der Waals surface area contributed by atoms with Crippen molar-refractivity contribution in [2.45, 2.75) is 32.3 Å². The molecule has 2 aliphatic rings. The molecule has 3 aromatic carbocycles. The van der Waals surface area contributed by atoms with Crippen LogP contribution in [0.5, 0.6) is 0 Å². The van der Waals surface area contributed by atoms with Crippen LogP contribution in [-0.2, 0) is 24.1 Å². The second-order valence-electron chi connectivity index (χ2n) is 8.86. The Morgan fingerprint density at radius 3 is 1.71 bits per heavy atom. The van der Waals surface area contributed by atoms with Crippen molar-refractivity contribution >= 4 is 17.1 Å². The van der Waals surface area contributed by atoms with Crippen LogP contribution in [0.25, 0.3) is 11.1 Å². The minimum Gasteiger partial charge on any atom is -0.480 e. The summed E-state index contributed by atoms with van der Waals surface area (Å²) in [5, 5.41) is 26.8. The first-order valence-corrected chi connectivity index (χ1v) is 11.6. The third-order valence-corrected chi connectivity index (χ3v) is 6.53. The Balaban J connectivity index is 0.000000499. The molecule has 3 N–H and O–H groups in total. The van der Waals surface area contributed by atoms with Gasteiger partial charge in [-0.05, 0) is 65.1 Å². The van der Waals surface area contributed by atoms with E-state index in [9.17, 15) is 9.90 Å². The molecule has 0 saturated heterocycles. The minimum absolute atomic E-state index is 0.139. The fourth-order valence-corrected chi connectivity index (χ4v) is 4.92. The Bertz CT molecular complexity index is 1160. The predicted octanol–water partition coefficient (Wildman–Crippen LogP) is 4.94. The molecule has 2 aliphatic carbocycles. The second-order valence-corrected chi connectivity index (χ2v) is 8.86. The maximum atomic E-state index is 13.1. The molecule has 4 nitrogen and oxygen atoms in total. The summed E-state index contributed by atoms with van der Waals surface area (Å²) in [7, 11) is 0. The van der Waals surface area contributed by atoms with Gasteiger partial charge in [-0.15, -0.1) is 0 Å². The van der Waals surface area contributed by atoms with Crippen molar-refractivity contribution in [1.82, 2.24) is 0 Å². The zero-order chi connectivity index (χ0) is 24.1. The van der Waals surface area contributed by atoms with E-state index >= 15 is 0 Å². The van der Waals surface area contributed by atoms with Crippen molar-refractivity contribution in [3.63, 3.8) is 0 Å². The number of fused-ring (bicyclic) bond motifs is 2. The van der Waals surface area contributed by atoms with E-state index < -0.39 is 17.5 Å². The van der Waals surface area contributed by atoms with E-state index in [2.05, 4.69) is 36.4 Å². The molecule has 0 heterocycles. The van der Waals surface area contributed by atoms with Crippen LogP contribution in [0.2, 0.25) is 0 Å². The number of aliphatic hydroxyl groups is 2. The molecule has 0 bridgehead atoms. The summed E-state index contributed by atoms with van der Waals surface area (Å²) in [6.07, 6.45) is 5.69. The summed E-state index contributed by atoms with van der Waals surface area (Å²) in [6.45, 7) is 1.39. The van der Waals surface area contributed by atoms with Crippen LogP contribution in [0.1, 0.15) is 34.7 Å². The van der Waals surface area contributed by atoms with Gasteiger partial charge >= 0.3 is 5.97 Å². The van der Waals surface area contributed by atoms with Crippen LogP contribution in [0.3, 0.4) is 0 Å². The lowest BCUT2D eigenvalue weighted by Gasteiger charge is -2.34.